The van der Waals surface area contributed by atoms with Crippen molar-refractivity contribution in [2.75, 3.05) is 11.9 Å². The Kier molecular flexibility index (Phi) is 4.76. The summed E-state index contributed by atoms with van der Waals surface area (Å²) in [6, 6.07) is 10.5. The van der Waals surface area contributed by atoms with E-state index in [-0.39, 0.29) is 17.8 Å². The zero-order valence-electron chi connectivity index (χ0n) is 14.2. The van der Waals surface area contributed by atoms with Crippen LogP contribution in [0.15, 0.2) is 55.1 Å². The van der Waals surface area contributed by atoms with Gasteiger partial charge in [0.2, 0.25) is 5.91 Å². The fourth-order valence-corrected chi connectivity index (χ4v) is 3.07. The van der Waals surface area contributed by atoms with Crippen LogP contribution in [0.2, 0.25) is 0 Å². The molecule has 0 bridgehead atoms. The molecule has 3 nitrogen and oxygen atoms in total. The lowest BCUT2D eigenvalue weighted by Gasteiger charge is -2.18. The Morgan fingerprint density at radius 3 is 2.73 bits per heavy atom. The minimum absolute atomic E-state index is 0.195. The van der Waals surface area contributed by atoms with Gasteiger partial charge in [0.15, 0.2) is 0 Å². The molecular weight excluding hydrogens is 343 g/mol. The molecule has 2 aromatic carbocycles. The largest absolute Gasteiger partial charge is 0.486 e. The van der Waals surface area contributed by atoms with Crippen LogP contribution < -0.4 is 9.64 Å². The molecule has 1 unspecified atom stereocenters. The Morgan fingerprint density at radius 2 is 2.04 bits per heavy atom. The molecule has 0 spiro atoms. The van der Waals surface area contributed by atoms with Crippen LogP contribution in [0.1, 0.15) is 29.2 Å². The Hall–Kier alpha value is -2.76. The van der Waals surface area contributed by atoms with Crippen LogP contribution in [-0.2, 0) is 17.4 Å². The van der Waals surface area contributed by atoms with Crippen LogP contribution in [0, 0.1) is 0 Å². The van der Waals surface area contributed by atoms with E-state index < -0.39 is 11.7 Å². The number of halogens is 3. The number of likely N-dealkylation sites (N-methyl/N-ethyl adjacent to an activating group) is 1. The van der Waals surface area contributed by atoms with Gasteiger partial charge in [-0.3, -0.25) is 4.79 Å². The maximum absolute atomic E-state index is 12.8. The van der Waals surface area contributed by atoms with Gasteiger partial charge in [0.25, 0.3) is 0 Å². The lowest BCUT2D eigenvalue weighted by Crippen LogP contribution is -2.23. The number of hydrogen-bond donors (Lipinski definition) is 0. The van der Waals surface area contributed by atoms with E-state index in [1.54, 1.807) is 13.1 Å². The molecule has 0 heterocycles. The molecule has 0 aliphatic heterocycles. The number of carbonyl (C=O) groups is 1. The summed E-state index contributed by atoms with van der Waals surface area (Å²) in [5.41, 5.74) is 1.98. The highest BCUT2D eigenvalue weighted by molar-refractivity contribution is 6.00. The van der Waals surface area contributed by atoms with Crippen LogP contribution in [0.4, 0.5) is 18.9 Å². The molecule has 26 heavy (non-hydrogen) atoms. The van der Waals surface area contributed by atoms with E-state index in [0.29, 0.717) is 6.42 Å². The van der Waals surface area contributed by atoms with Crippen molar-refractivity contribution in [1.82, 2.24) is 0 Å². The van der Waals surface area contributed by atoms with Crippen LogP contribution in [0.25, 0.3) is 0 Å². The zero-order chi connectivity index (χ0) is 18.9. The van der Waals surface area contributed by atoms with Gasteiger partial charge in [-0.2, -0.15) is 13.2 Å². The second-order valence-corrected chi connectivity index (χ2v) is 6.16. The second kappa shape index (κ2) is 6.86. The van der Waals surface area contributed by atoms with Crippen LogP contribution in [0.5, 0.6) is 5.75 Å². The minimum atomic E-state index is -4.40. The Morgan fingerprint density at radius 1 is 1.27 bits per heavy atom. The first-order valence-electron chi connectivity index (χ1n) is 8.16. The summed E-state index contributed by atoms with van der Waals surface area (Å²) in [5, 5.41) is 0. The Bertz CT molecular complexity index is 845. The molecule has 1 aliphatic rings. The van der Waals surface area contributed by atoms with E-state index in [0.717, 1.165) is 35.4 Å². The number of rotatable bonds is 4. The number of nitrogens with zero attached hydrogens (tertiary/aromatic N) is 1. The first-order valence-corrected chi connectivity index (χ1v) is 8.16. The first-order chi connectivity index (χ1) is 12.3. The molecule has 0 fully saturated rings. The van der Waals surface area contributed by atoms with Gasteiger partial charge < -0.3 is 9.64 Å². The SMILES string of the molecule is C=CC(=O)N(C)c1ccc2c(c1)CCC2Oc1cccc(C(F)(F)F)c1. The molecule has 2 aromatic rings. The summed E-state index contributed by atoms with van der Waals surface area (Å²) >= 11 is 0. The summed E-state index contributed by atoms with van der Waals surface area (Å²) < 4.78 is 44.3. The smallest absolute Gasteiger partial charge is 0.416 e. The third kappa shape index (κ3) is 3.59. The van der Waals surface area contributed by atoms with Crippen LogP contribution >= 0.6 is 0 Å². The first kappa shape index (κ1) is 18.0. The van der Waals surface area contributed by atoms with Gasteiger partial charge in [-0.15, -0.1) is 0 Å². The molecule has 0 saturated heterocycles. The lowest BCUT2D eigenvalue weighted by molar-refractivity contribution is -0.137. The number of anilines is 1. The number of hydrogen-bond acceptors (Lipinski definition) is 2. The molecule has 0 radical (unpaired) electrons. The van der Waals surface area contributed by atoms with Crippen molar-refractivity contribution in [2.24, 2.45) is 0 Å². The fourth-order valence-electron chi connectivity index (χ4n) is 3.07. The maximum atomic E-state index is 12.8. The summed E-state index contributed by atoms with van der Waals surface area (Å²) in [6.45, 7) is 3.47. The number of alkyl halides is 3. The third-order valence-electron chi connectivity index (χ3n) is 4.48. The van der Waals surface area contributed by atoms with Crippen molar-refractivity contribution in [3.05, 3.63) is 71.8 Å². The van der Waals surface area contributed by atoms with Crippen LogP contribution in [-0.4, -0.2) is 13.0 Å². The topological polar surface area (TPSA) is 29.5 Å². The van der Waals surface area contributed by atoms with Crippen molar-refractivity contribution in [1.29, 1.82) is 0 Å². The van der Waals surface area contributed by atoms with Gasteiger partial charge in [-0.05, 0) is 60.4 Å². The van der Waals surface area contributed by atoms with Crippen molar-refractivity contribution < 1.29 is 22.7 Å². The van der Waals surface area contributed by atoms with Crippen molar-refractivity contribution in [2.45, 2.75) is 25.1 Å². The third-order valence-corrected chi connectivity index (χ3v) is 4.48. The van der Waals surface area contributed by atoms with E-state index in [1.807, 2.05) is 12.1 Å². The highest BCUT2D eigenvalue weighted by Gasteiger charge is 2.31. The van der Waals surface area contributed by atoms with Gasteiger partial charge >= 0.3 is 6.18 Å². The fraction of sp³-hybridized carbons (Fsp3) is 0.250. The minimum Gasteiger partial charge on any atom is -0.486 e. The molecule has 0 N–H and O–H groups in total. The molecule has 136 valence electrons. The number of carbonyl (C=O) groups excluding carboxylic acids is 1. The van der Waals surface area contributed by atoms with E-state index >= 15 is 0 Å². The maximum Gasteiger partial charge on any atom is 0.416 e. The van der Waals surface area contributed by atoms with Gasteiger partial charge in [0, 0.05) is 12.7 Å². The predicted molar refractivity (Wildman–Crippen MR) is 93.2 cm³/mol. The van der Waals surface area contributed by atoms with Gasteiger partial charge in [-0.25, -0.2) is 0 Å². The average Bonchev–Trinajstić information content (AvgIpc) is 3.02. The predicted octanol–water partition coefficient (Wildman–Crippen LogP) is 4.92. The molecule has 3 rings (SSSR count). The summed E-state index contributed by atoms with van der Waals surface area (Å²) in [7, 11) is 1.66. The number of benzene rings is 2. The highest BCUT2D eigenvalue weighted by atomic mass is 19.4. The van der Waals surface area contributed by atoms with E-state index in [2.05, 4.69) is 6.58 Å². The summed E-state index contributed by atoms with van der Waals surface area (Å²) in [4.78, 5) is 13.2. The molecule has 0 aromatic heterocycles. The average molecular weight is 361 g/mol. The lowest BCUT2D eigenvalue weighted by atomic mass is 10.1. The van der Waals surface area contributed by atoms with Gasteiger partial charge in [0.1, 0.15) is 11.9 Å². The number of amides is 1. The zero-order valence-corrected chi connectivity index (χ0v) is 14.2. The molecular formula is C20H18F3NO2. The normalized spacial score (nSPS) is 16.1. The van der Waals surface area contributed by atoms with Crippen LogP contribution in [0.3, 0.4) is 0 Å². The summed E-state index contributed by atoms with van der Waals surface area (Å²) in [5.74, 6) is -0.0135. The molecule has 1 atom stereocenters. The number of aryl methyl sites for hydroxylation is 1. The monoisotopic (exact) mass is 361 g/mol. The van der Waals surface area contributed by atoms with E-state index in [1.165, 1.54) is 23.1 Å². The molecule has 1 amide bonds. The molecule has 0 saturated carbocycles. The van der Waals surface area contributed by atoms with E-state index in [9.17, 15) is 18.0 Å². The highest BCUT2D eigenvalue weighted by Crippen LogP contribution is 2.38. The summed E-state index contributed by atoms with van der Waals surface area (Å²) in [6.07, 6.45) is -2.04. The quantitative estimate of drug-likeness (QED) is 0.724. The van der Waals surface area contributed by atoms with E-state index in [4.69, 9.17) is 4.74 Å². The van der Waals surface area contributed by atoms with Crippen molar-refractivity contribution in [3.63, 3.8) is 0 Å². The van der Waals surface area contributed by atoms with Gasteiger partial charge in [0.05, 0.1) is 5.56 Å². The number of ether oxygens (including phenoxy) is 1. The molecule has 1 aliphatic carbocycles. The molecule has 6 heteroatoms. The Balaban J connectivity index is 1.80. The number of fused-ring (bicyclic) bond motifs is 1. The van der Waals surface area contributed by atoms with Gasteiger partial charge in [-0.1, -0.05) is 18.7 Å². The standard InChI is InChI=1S/C20H18F3NO2/c1-3-19(25)24(2)15-8-9-17-13(11-15)7-10-18(17)26-16-6-4-5-14(12-16)20(21,22)23/h3-6,8-9,11-12,18H,1,7,10H2,2H3. The second-order valence-electron chi connectivity index (χ2n) is 6.16. The Labute approximate surface area is 149 Å². The van der Waals surface area contributed by atoms with Crippen molar-refractivity contribution >= 4 is 11.6 Å². The van der Waals surface area contributed by atoms with Crippen molar-refractivity contribution in [3.8, 4) is 5.75 Å².